The first kappa shape index (κ1) is 21.6. The van der Waals surface area contributed by atoms with Crippen LogP contribution >= 0.6 is 0 Å². The molecule has 1 aliphatic rings. The third-order valence-electron chi connectivity index (χ3n) is 5.13. The highest BCUT2D eigenvalue weighted by molar-refractivity contribution is 6.34. The number of ketones is 1. The average molecular weight is 444 g/mol. The number of amides is 2. The maximum absolute atomic E-state index is 12.9. The molecule has 0 radical (unpaired) electrons. The van der Waals surface area contributed by atoms with Gasteiger partial charge in [0.05, 0.1) is 27.3 Å². The summed E-state index contributed by atoms with van der Waals surface area (Å²) in [6, 6.07) is 17.3. The van der Waals surface area contributed by atoms with Crippen LogP contribution in [0.2, 0.25) is 0 Å². The molecule has 2 amide bonds. The molecule has 3 aromatic carbocycles. The molecule has 0 spiro atoms. The maximum atomic E-state index is 12.9. The van der Waals surface area contributed by atoms with Crippen molar-refractivity contribution in [2.45, 2.75) is 13.0 Å². The minimum absolute atomic E-state index is 0.0106. The summed E-state index contributed by atoms with van der Waals surface area (Å²) in [5, 5.41) is 11.0. The van der Waals surface area contributed by atoms with E-state index in [2.05, 4.69) is 0 Å². The number of ether oxygens (including phenoxy) is 1. The van der Waals surface area contributed by atoms with Crippen LogP contribution in [0.15, 0.2) is 72.8 Å². The molecule has 4 rings (SSSR count). The van der Waals surface area contributed by atoms with Gasteiger partial charge in [0, 0.05) is 17.7 Å². The summed E-state index contributed by atoms with van der Waals surface area (Å²) in [7, 11) is 0. The van der Waals surface area contributed by atoms with Gasteiger partial charge in [0.1, 0.15) is 0 Å². The summed E-state index contributed by atoms with van der Waals surface area (Å²) >= 11 is 0. The molecule has 3 aromatic rings. The molecule has 0 saturated carbocycles. The van der Waals surface area contributed by atoms with Gasteiger partial charge in [-0.15, -0.1) is 0 Å². The quantitative estimate of drug-likeness (QED) is 0.186. The number of carbonyl (C=O) groups is 4. The molecule has 0 unspecified atom stereocenters. The van der Waals surface area contributed by atoms with E-state index in [9.17, 15) is 29.3 Å². The van der Waals surface area contributed by atoms with Crippen molar-refractivity contribution in [1.29, 1.82) is 0 Å². The summed E-state index contributed by atoms with van der Waals surface area (Å²) in [5.41, 5.74) is 0.162. The highest BCUT2D eigenvalue weighted by atomic mass is 16.6. The highest BCUT2D eigenvalue weighted by Gasteiger charge is 2.38. The van der Waals surface area contributed by atoms with Crippen LogP contribution in [0.3, 0.4) is 0 Å². The number of Topliss-reactive ketones (excluding diaryl/α,β-unsaturated/α-hetero) is 1. The Morgan fingerprint density at radius 3 is 2.27 bits per heavy atom. The SMILES string of the molecule is C[C@@H](OC(=O)c1ccc2c(c1)C(=O)N(c1cccc([N+](=O)[O-])c1)C2=O)C(=O)c1ccccc1. The van der Waals surface area contributed by atoms with Gasteiger partial charge < -0.3 is 4.74 Å². The van der Waals surface area contributed by atoms with Gasteiger partial charge in [-0.3, -0.25) is 24.5 Å². The fourth-order valence-corrected chi connectivity index (χ4v) is 3.47. The number of benzene rings is 3. The van der Waals surface area contributed by atoms with Crippen LogP contribution in [0.25, 0.3) is 0 Å². The van der Waals surface area contributed by atoms with E-state index in [0.29, 0.717) is 5.56 Å². The van der Waals surface area contributed by atoms with Crippen molar-refractivity contribution in [2.24, 2.45) is 0 Å². The molecular formula is C24H16N2O7. The highest BCUT2D eigenvalue weighted by Crippen LogP contribution is 2.31. The largest absolute Gasteiger partial charge is 0.451 e. The van der Waals surface area contributed by atoms with E-state index in [-0.39, 0.29) is 33.8 Å². The molecule has 0 aromatic heterocycles. The minimum atomic E-state index is -1.06. The van der Waals surface area contributed by atoms with Gasteiger partial charge in [0.2, 0.25) is 5.78 Å². The van der Waals surface area contributed by atoms with Gasteiger partial charge in [-0.05, 0) is 31.2 Å². The Morgan fingerprint density at radius 1 is 0.879 bits per heavy atom. The summed E-state index contributed by atoms with van der Waals surface area (Å²) in [6.07, 6.45) is -1.06. The predicted octanol–water partition coefficient (Wildman–Crippen LogP) is 3.82. The molecule has 0 saturated heterocycles. The molecule has 9 heteroatoms. The first-order chi connectivity index (χ1) is 15.8. The number of anilines is 1. The number of rotatable bonds is 6. The van der Waals surface area contributed by atoms with Crippen LogP contribution in [-0.4, -0.2) is 34.6 Å². The molecule has 0 aliphatic carbocycles. The maximum Gasteiger partial charge on any atom is 0.338 e. The monoisotopic (exact) mass is 444 g/mol. The van der Waals surface area contributed by atoms with Crippen LogP contribution in [0, 0.1) is 10.1 Å². The lowest BCUT2D eigenvalue weighted by Gasteiger charge is -2.13. The van der Waals surface area contributed by atoms with Crippen LogP contribution in [0.4, 0.5) is 11.4 Å². The third-order valence-corrected chi connectivity index (χ3v) is 5.13. The van der Waals surface area contributed by atoms with Crippen LogP contribution in [-0.2, 0) is 4.74 Å². The lowest BCUT2D eigenvalue weighted by atomic mass is 10.1. The van der Waals surface area contributed by atoms with Crippen molar-refractivity contribution in [1.82, 2.24) is 0 Å². The van der Waals surface area contributed by atoms with Gasteiger partial charge in [0.25, 0.3) is 17.5 Å². The Hall–Kier alpha value is -4.66. The minimum Gasteiger partial charge on any atom is -0.451 e. The van der Waals surface area contributed by atoms with Crippen LogP contribution < -0.4 is 4.90 Å². The van der Waals surface area contributed by atoms with Crippen molar-refractivity contribution >= 4 is 34.9 Å². The van der Waals surface area contributed by atoms with Gasteiger partial charge >= 0.3 is 5.97 Å². The Balaban J connectivity index is 1.56. The summed E-state index contributed by atoms with van der Waals surface area (Å²) in [4.78, 5) is 61.9. The molecule has 1 atom stereocenters. The van der Waals surface area contributed by atoms with Crippen LogP contribution in [0.5, 0.6) is 0 Å². The number of hydrogen-bond acceptors (Lipinski definition) is 7. The number of hydrogen-bond donors (Lipinski definition) is 0. The normalized spacial score (nSPS) is 13.4. The molecule has 0 bridgehead atoms. The van der Waals surface area contributed by atoms with Gasteiger partial charge in [0.15, 0.2) is 6.10 Å². The molecule has 0 N–H and O–H groups in total. The van der Waals surface area contributed by atoms with E-state index >= 15 is 0 Å². The zero-order valence-electron chi connectivity index (χ0n) is 17.3. The van der Waals surface area contributed by atoms with Crippen molar-refractivity contribution < 1.29 is 28.8 Å². The fourth-order valence-electron chi connectivity index (χ4n) is 3.47. The number of nitro benzene ring substituents is 1. The van der Waals surface area contributed by atoms with E-state index in [1.54, 1.807) is 30.3 Å². The van der Waals surface area contributed by atoms with E-state index in [0.717, 1.165) is 11.0 Å². The molecule has 164 valence electrons. The second kappa shape index (κ2) is 8.46. The number of carbonyl (C=O) groups excluding carboxylic acids is 4. The first-order valence-electron chi connectivity index (χ1n) is 9.85. The Labute approximate surface area is 187 Å². The lowest BCUT2D eigenvalue weighted by molar-refractivity contribution is -0.384. The second-order valence-corrected chi connectivity index (χ2v) is 7.26. The van der Waals surface area contributed by atoms with Gasteiger partial charge in [-0.2, -0.15) is 0 Å². The third kappa shape index (κ3) is 3.99. The zero-order chi connectivity index (χ0) is 23.7. The van der Waals surface area contributed by atoms with Crippen molar-refractivity contribution in [3.05, 3.63) is 105 Å². The fraction of sp³-hybridized carbons (Fsp3) is 0.0833. The molecule has 1 aliphatic heterocycles. The van der Waals surface area contributed by atoms with Gasteiger partial charge in [-0.1, -0.05) is 36.4 Å². The number of nitrogens with zero attached hydrogens (tertiary/aromatic N) is 2. The number of imide groups is 1. The van der Waals surface area contributed by atoms with E-state index in [4.69, 9.17) is 4.74 Å². The number of fused-ring (bicyclic) bond motifs is 1. The average Bonchev–Trinajstić information content (AvgIpc) is 3.08. The Morgan fingerprint density at radius 2 is 1.58 bits per heavy atom. The standard InChI is InChI=1S/C24H16N2O7/c1-14(21(27)15-6-3-2-4-7-15)33-24(30)16-10-11-19-20(12-16)23(29)25(22(19)28)17-8-5-9-18(13-17)26(31)32/h2-14H,1H3/t14-/m1/s1. The van der Waals surface area contributed by atoms with E-state index in [1.165, 1.54) is 43.3 Å². The molecule has 33 heavy (non-hydrogen) atoms. The van der Waals surface area contributed by atoms with Crippen molar-refractivity contribution in [3.8, 4) is 0 Å². The predicted molar refractivity (Wildman–Crippen MR) is 116 cm³/mol. The topological polar surface area (TPSA) is 124 Å². The van der Waals surface area contributed by atoms with E-state index < -0.39 is 28.8 Å². The summed E-state index contributed by atoms with van der Waals surface area (Å²) in [5.74, 6) is -2.60. The lowest BCUT2D eigenvalue weighted by Crippen LogP contribution is -2.29. The molecule has 9 nitrogen and oxygen atoms in total. The van der Waals surface area contributed by atoms with Crippen molar-refractivity contribution in [3.63, 3.8) is 0 Å². The molecular weight excluding hydrogens is 428 g/mol. The Bertz CT molecular complexity index is 1320. The number of nitro groups is 1. The number of esters is 1. The second-order valence-electron chi connectivity index (χ2n) is 7.26. The zero-order valence-corrected chi connectivity index (χ0v) is 17.3. The summed E-state index contributed by atoms with van der Waals surface area (Å²) in [6.45, 7) is 1.44. The molecule has 1 heterocycles. The first-order valence-corrected chi connectivity index (χ1v) is 9.85. The van der Waals surface area contributed by atoms with Gasteiger partial charge in [-0.25, -0.2) is 9.69 Å². The summed E-state index contributed by atoms with van der Waals surface area (Å²) < 4.78 is 5.25. The van der Waals surface area contributed by atoms with Crippen LogP contribution in [0.1, 0.15) is 48.4 Å². The Kier molecular flexibility index (Phi) is 5.53. The van der Waals surface area contributed by atoms with E-state index in [1.807, 2.05) is 0 Å². The molecule has 0 fully saturated rings. The smallest absolute Gasteiger partial charge is 0.338 e. The number of non-ortho nitro benzene ring substituents is 1. The van der Waals surface area contributed by atoms with Crippen molar-refractivity contribution in [2.75, 3.05) is 4.90 Å².